The number of allylic oxidation sites excluding steroid dienone is 1. The number of hydrogen-bond donors (Lipinski definition) is 0. The molecule has 134 valence electrons. The minimum atomic E-state index is -0.766. The maximum absolute atomic E-state index is 11.4. The number of carbonyl (C=O) groups excluding carboxylic acids is 1. The lowest BCUT2D eigenvalue weighted by molar-refractivity contribution is -0.461. The molecule has 23 heavy (non-hydrogen) atoms. The highest BCUT2D eigenvalue weighted by Gasteiger charge is 2.14. The molecule has 0 aromatic rings. The Morgan fingerprint density at radius 2 is 1.65 bits per heavy atom. The van der Waals surface area contributed by atoms with Crippen molar-refractivity contribution in [1.29, 1.82) is 0 Å². The van der Waals surface area contributed by atoms with Gasteiger partial charge in [0.1, 0.15) is 0 Å². The molecule has 0 amide bonds. The van der Waals surface area contributed by atoms with Crippen LogP contribution in [-0.2, 0) is 9.53 Å². The third-order valence-corrected chi connectivity index (χ3v) is 3.71. The number of methoxy groups -OCH3 is 1. The Balaban J connectivity index is 3.57. The number of hydroxylamine groups is 1. The first-order valence-electron chi connectivity index (χ1n) is 8.89. The second kappa shape index (κ2) is 14.2. The summed E-state index contributed by atoms with van der Waals surface area (Å²) >= 11 is 0. The van der Waals surface area contributed by atoms with E-state index in [0.717, 1.165) is 18.8 Å². The van der Waals surface area contributed by atoms with Gasteiger partial charge in [-0.3, -0.25) is 0 Å². The number of ether oxygens (including phenoxy) is 1. The van der Waals surface area contributed by atoms with Crippen LogP contribution in [0.15, 0.2) is 17.4 Å². The third-order valence-electron chi connectivity index (χ3n) is 3.71. The van der Waals surface area contributed by atoms with Crippen LogP contribution in [0.5, 0.6) is 0 Å². The predicted octanol–water partition coefficient (Wildman–Crippen LogP) is 5.19. The topological polar surface area (TPSA) is 64.7 Å². The first-order valence-corrected chi connectivity index (χ1v) is 8.89. The Morgan fingerprint density at radius 3 is 2.22 bits per heavy atom. The van der Waals surface area contributed by atoms with Crippen LogP contribution in [0.1, 0.15) is 78.6 Å². The molecule has 0 spiro atoms. The highest BCUT2D eigenvalue weighted by atomic mass is 16.5. The van der Waals surface area contributed by atoms with E-state index < -0.39 is 12.0 Å². The summed E-state index contributed by atoms with van der Waals surface area (Å²) < 4.78 is 4.51. The van der Waals surface area contributed by atoms with Crippen molar-refractivity contribution in [2.45, 2.75) is 84.6 Å². The number of unbranched alkanes of at least 4 members (excludes halogenated alkanes) is 7. The van der Waals surface area contributed by atoms with Gasteiger partial charge in [0.25, 0.3) is 0 Å². The smallest absolute Gasteiger partial charge is 0.336 e. The number of rotatable bonds is 13. The second-order valence-corrected chi connectivity index (χ2v) is 6.45. The Bertz CT molecular complexity index is 365. The van der Waals surface area contributed by atoms with Crippen molar-refractivity contribution < 1.29 is 14.4 Å². The number of nitrogens with zero attached hydrogens (tertiary/aromatic N) is 2. The molecular weight excluding hydrogens is 292 g/mol. The fraction of sp³-hybridized carbons (Fsp3) is 0.833. The van der Waals surface area contributed by atoms with Crippen molar-refractivity contribution in [3.63, 3.8) is 0 Å². The maximum Gasteiger partial charge on any atom is 0.336 e. The van der Waals surface area contributed by atoms with E-state index >= 15 is 0 Å². The first kappa shape index (κ1) is 21.6. The van der Waals surface area contributed by atoms with Gasteiger partial charge in [0.05, 0.1) is 7.11 Å². The summed E-state index contributed by atoms with van der Waals surface area (Å²) in [4.78, 5) is 11.6. The number of azo groups is 1. The molecule has 0 aliphatic heterocycles. The highest BCUT2D eigenvalue weighted by molar-refractivity contribution is 5.74. The van der Waals surface area contributed by atoms with Crippen molar-refractivity contribution >= 4 is 5.97 Å². The van der Waals surface area contributed by atoms with Crippen molar-refractivity contribution in [3.05, 3.63) is 17.5 Å². The van der Waals surface area contributed by atoms with Crippen molar-refractivity contribution in [3.8, 4) is 0 Å². The van der Waals surface area contributed by atoms with Crippen LogP contribution in [0.4, 0.5) is 0 Å². The number of esters is 1. The van der Waals surface area contributed by atoms with Crippen LogP contribution in [0.3, 0.4) is 0 Å². The zero-order chi connectivity index (χ0) is 17.5. The molecule has 0 fully saturated rings. The fourth-order valence-electron chi connectivity index (χ4n) is 2.29. The molecule has 0 heterocycles. The molecule has 0 aromatic carbocycles. The molecule has 0 saturated heterocycles. The van der Waals surface area contributed by atoms with E-state index in [1.54, 1.807) is 0 Å². The van der Waals surface area contributed by atoms with E-state index in [9.17, 15) is 10.0 Å². The summed E-state index contributed by atoms with van der Waals surface area (Å²) in [5, 5.41) is 15.1. The summed E-state index contributed by atoms with van der Waals surface area (Å²) in [5.74, 6) is 0.317. The van der Waals surface area contributed by atoms with E-state index in [0.29, 0.717) is 4.86 Å². The largest absolute Gasteiger partial charge is 0.595 e. The third kappa shape index (κ3) is 14.0. The average molecular weight is 326 g/mol. The SMILES string of the molecule is COC(=O)[C@H](C)N=[N+]([O-])/C=C/CCCCCCCCCC(C)C. The predicted molar refractivity (Wildman–Crippen MR) is 93.1 cm³/mol. The normalized spacial score (nSPS) is 13.7. The molecule has 0 aliphatic rings. The van der Waals surface area contributed by atoms with Gasteiger partial charge in [-0.2, -0.15) is 0 Å². The quantitative estimate of drug-likeness (QED) is 0.154. The molecule has 5 heteroatoms. The van der Waals surface area contributed by atoms with Crippen LogP contribution in [0.25, 0.3) is 0 Å². The lowest BCUT2D eigenvalue weighted by Gasteiger charge is -2.04. The van der Waals surface area contributed by atoms with Crippen molar-refractivity contribution in [1.82, 2.24) is 0 Å². The van der Waals surface area contributed by atoms with Gasteiger partial charge in [-0.25, -0.2) is 4.79 Å². The lowest BCUT2D eigenvalue weighted by Crippen LogP contribution is -2.17. The standard InChI is InChI=1S/C18H34N2O3/c1-16(2)14-12-10-8-6-5-7-9-11-13-15-20(22)19-17(3)18(21)23-4/h13,15-17H,5-12,14H2,1-4H3/b15-13+,20-19?/t17-/m0/s1. The van der Waals surface area contributed by atoms with E-state index in [1.807, 2.05) is 6.08 Å². The molecular formula is C18H34N2O3. The molecule has 0 aliphatic carbocycles. The van der Waals surface area contributed by atoms with E-state index in [1.165, 1.54) is 65.2 Å². The number of hydrogen-bond acceptors (Lipinski definition) is 4. The van der Waals surface area contributed by atoms with Gasteiger partial charge in [-0.1, -0.05) is 63.7 Å². The maximum atomic E-state index is 11.4. The lowest BCUT2D eigenvalue weighted by atomic mass is 10.0. The molecule has 1 atom stereocenters. The molecule has 0 unspecified atom stereocenters. The van der Waals surface area contributed by atoms with Crippen LogP contribution in [-0.4, -0.2) is 24.0 Å². The Labute approximate surface area is 141 Å². The van der Waals surface area contributed by atoms with Gasteiger partial charge in [0.2, 0.25) is 12.2 Å². The van der Waals surface area contributed by atoms with Crippen LogP contribution in [0, 0.1) is 11.1 Å². The van der Waals surface area contributed by atoms with E-state index in [-0.39, 0.29) is 0 Å². The molecule has 0 radical (unpaired) electrons. The first-order chi connectivity index (χ1) is 11.0. The second-order valence-electron chi connectivity index (χ2n) is 6.45. The Morgan fingerprint density at radius 1 is 1.09 bits per heavy atom. The van der Waals surface area contributed by atoms with Crippen LogP contribution >= 0.6 is 0 Å². The van der Waals surface area contributed by atoms with Crippen LogP contribution in [0.2, 0.25) is 0 Å². The fourth-order valence-corrected chi connectivity index (χ4v) is 2.29. The molecule has 5 nitrogen and oxygen atoms in total. The minimum Gasteiger partial charge on any atom is -0.595 e. The molecule has 0 rings (SSSR count). The van der Waals surface area contributed by atoms with Gasteiger partial charge in [-0.15, -0.1) is 0 Å². The average Bonchev–Trinajstić information content (AvgIpc) is 2.51. The summed E-state index contributed by atoms with van der Waals surface area (Å²) in [5.41, 5.74) is 0. The van der Waals surface area contributed by atoms with Crippen molar-refractivity contribution in [2.24, 2.45) is 11.0 Å². The van der Waals surface area contributed by atoms with Gasteiger partial charge in [-0.05, 0) is 36.9 Å². The summed E-state index contributed by atoms with van der Waals surface area (Å²) in [7, 11) is 1.28. The zero-order valence-electron chi connectivity index (χ0n) is 15.3. The van der Waals surface area contributed by atoms with E-state index in [4.69, 9.17) is 0 Å². The molecule has 0 aromatic heterocycles. The Kier molecular flexibility index (Phi) is 13.4. The van der Waals surface area contributed by atoms with Crippen molar-refractivity contribution in [2.75, 3.05) is 7.11 Å². The minimum absolute atomic E-state index is 0.441. The van der Waals surface area contributed by atoms with Gasteiger partial charge < -0.3 is 9.94 Å². The summed E-state index contributed by atoms with van der Waals surface area (Å²) in [6.07, 6.45) is 14.3. The van der Waals surface area contributed by atoms with Gasteiger partial charge >= 0.3 is 5.97 Å². The molecule has 0 N–H and O–H groups in total. The zero-order valence-corrected chi connectivity index (χ0v) is 15.3. The van der Waals surface area contributed by atoms with Gasteiger partial charge in [0, 0.05) is 0 Å². The van der Waals surface area contributed by atoms with E-state index in [2.05, 4.69) is 23.7 Å². The Hall–Kier alpha value is -1.39. The molecule has 0 saturated carbocycles. The number of carbonyl (C=O) groups is 1. The summed E-state index contributed by atoms with van der Waals surface area (Å²) in [6.45, 7) is 6.09. The summed E-state index contributed by atoms with van der Waals surface area (Å²) in [6, 6.07) is -0.766. The molecule has 0 bridgehead atoms. The monoisotopic (exact) mass is 326 g/mol. The highest BCUT2D eigenvalue weighted by Crippen LogP contribution is 2.12. The van der Waals surface area contributed by atoms with Gasteiger partial charge in [0.15, 0.2) is 0 Å². The van der Waals surface area contributed by atoms with Crippen LogP contribution < -0.4 is 0 Å².